The van der Waals surface area contributed by atoms with Crippen molar-refractivity contribution < 1.29 is 14.3 Å². The van der Waals surface area contributed by atoms with Crippen LogP contribution in [0.1, 0.15) is 35.7 Å². The number of rotatable bonds is 9. The third-order valence-electron chi connectivity index (χ3n) is 3.35. The lowest BCUT2D eigenvalue weighted by Crippen LogP contribution is -2.03. The van der Waals surface area contributed by atoms with Crippen LogP contribution in [0.2, 0.25) is 0 Å². The van der Waals surface area contributed by atoms with Gasteiger partial charge < -0.3 is 9.47 Å². The first kappa shape index (κ1) is 17.5. The van der Waals surface area contributed by atoms with Gasteiger partial charge in [-0.3, -0.25) is 4.79 Å². The Morgan fingerprint density at radius 3 is 1.78 bits per heavy atom. The summed E-state index contributed by atoms with van der Waals surface area (Å²) in [7, 11) is 0. The molecule has 0 aliphatic carbocycles. The van der Waals surface area contributed by atoms with Crippen LogP contribution in [0, 0.1) is 0 Å². The molecule has 0 saturated heterocycles. The molecular weight excluding hydrogens is 356 g/mol. The Bertz CT molecular complexity index is 606. The number of carbonyl (C=O) groups is 1. The third-order valence-corrected chi connectivity index (χ3v) is 3.67. The summed E-state index contributed by atoms with van der Waals surface area (Å²) in [6.07, 6.45) is 2.14. The molecule has 23 heavy (non-hydrogen) atoms. The van der Waals surface area contributed by atoms with Crippen LogP contribution in [0.3, 0.4) is 0 Å². The van der Waals surface area contributed by atoms with Crippen LogP contribution in [-0.4, -0.2) is 24.3 Å². The largest absolute Gasteiger partial charge is 0.494 e. The number of hydrogen-bond donors (Lipinski definition) is 0. The van der Waals surface area contributed by atoms with E-state index in [1.54, 1.807) is 24.3 Å². The molecule has 2 aromatic rings. The molecule has 0 N–H and O–H groups in total. The van der Waals surface area contributed by atoms with Crippen LogP contribution < -0.4 is 9.47 Å². The summed E-state index contributed by atoms with van der Waals surface area (Å²) in [6.45, 7) is 3.44. The van der Waals surface area contributed by atoms with E-state index in [1.165, 1.54) is 0 Å². The van der Waals surface area contributed by atoms with Crippen LogP contribution in [0.5, 0.6) is 11.5 Å². The summed E-state index contributed by atoms with van der Waals surface area (Å²) in [4.78, 5) is 12.5. The number of hydrogen-bond acceptors (Lipinski definition) is 3. The molecule has 0 aromatic heterocycles. The van der Waals surface area contributed by atoms with Gasteiger partial charge >= 0.3 is 0 Å². The number of halogens is 1. The van der Waals surface area contributed by atoms with E-state index in [1.807, 2.05) is 24.3 Å². The minimum absolute atomic E-state index is 0.00264. The summed E-state index contributed by atoms with van der Waals surface area (Å²) in [5.74, 6) is 1.56. The maximum atomic E-state index is 12.5. The van der Waals surface area contributed by atoms with Gasteiger partial charge in [0.25, 0.3) is 0 Å². The van der Waals surface area contributed by atoms with Gasteiger partial charge in [0.2, 0.25) is 0 Å². The fourth-order valence-electron chi connectivity index (χ4n) is 2.06. The van der Waals surface area contributed by atoms with Gasteiger partial charge in [0.15, 0.2) is 5.78 Å². The topological polar surface area (TPSA) is 35.5 Å². The highest BCUT2D eigenvalue weighted by Gasteiger charge is 2.09. The van der Waals surface area contributed by atoms with Crippen molar-refractivity contribution in [3.63, 3.8) is 0 Å². The summed E-state index contributed by atoms with van der Waals surface area (Å²) in [5.41, 5.74) is 1.30. The van der Waals surface area contributed by atoms with Gasteiger partial charge in [-0.1, -0.05) is 29.3 Å². The molecule has 0 unspecified atom stereocenters. The Kier molecular flexibility index (Phi) is 7.14. The Hall–Kier alpha value is -1.81. The maximum absolute atomic E-state index is 12.5. The van der Waals surface area contributed by atoms with E-state index in [9.17, 15) is 4.79 Å². The SMILES string of the molecule is CCCCOc1ccc(C(=O)c2ccc(OCCBr)cc2)cc1. The summed E-state index contributed by atoms with van der Waals surface area (Å²) in [5, 5.41) is 0.778. The third kappa shape index (κ3) is 5.39. The molecule has 4 heteroatoms. The fraction of sp³-hybridized carbons (Fsp3) is 0.316. The molecule has 0 amide bonds. The minimum atomic E-state index is -0.00264. The second-order valence-electron chi connectivity index (χ2n) is 5.12. The first-order valence-electron chi connectivity index (χ1n) is 7.81. The maximum Gasteiger partial charge on any atom is 0.193 e. The van der Waals surface area contributed by atoms with E-state index in [2.05, 4.69) is 22.9 Å². The molecule has 0 spiro atoms. The van der Waals surface area contributed by atoms with Crippen LogP contribution in [0.15, 0.2) is 48.5 Å². The summed E-state index contributed by atoms with van der Waals surface area (Å²) < 4.78 is 11.1. The van der Waals surface area contributed by atoms with Gasteiger partial charge in [0.05, 0.1) is 13.2 Å². The Morgan fingerprint density at radius 2 is 1.35 bits per heavy atom. The summed E-state index contributed by atoms with van der Waals surface area (Å²) in [6, 6.07) is 14.5. The molecule has 0 saturated carbocycles. The van der Waals surface area contributed by atoms with Crippen LogP contribution >= 0.6 is 15.9 Å². The molecule has 2 rings (SSSR count). The van der Waals surface area contributed by atoms with Crippen molar-refractivity contribution in [2.45, 2.75) is 19.8 Å². The number of unbranched alkanes of at least 4 members (excludes halogenated alkanes) is 1. The lowest BCUT2D eigenvalue weighted by Gasteiger charge is -2.07. The molecule has 0 heterocycles. The molecule has 2 aromatic carbocycles. The van der Waals surface area contributed by atoms with Crippen LogP contribution in [-0.2, 0) is 0 Å². The average Bonchev–Trinajstić information content (AvgIpc) is 2.61. The Morgan fingerprint density at radius 1 is 0.870 bits per heavy atom. The smallest absolute Gasteiger partial charge is 0.193 e. The summed E-state index contributed by atoms with van der Waals surface area (Å²) >= 11 is 3.31. The van der Waals surface area contributed by atoms with E-state index < -0.39 is 0 Å². The molecule has 0 fully saturated rings. The monoisotopic (exact) mass is 376 g/mol. The van der Waals surface area contributed by atoms with Crippen molar-refractivity contribution in [2.75, 3.05) is 18.5 Å². The van der Waals surface area contributed by atoms with Gasteiger partial charge in [-0.25, -0.2) is 0 Å². The zero-order chi connectivity index (χ0) is 16.5. The van der Waals surface area contributed by atoms with Crippen molar-refractivity contribution in [1.82, 2.24) is 0 Å². The van der Waals surface area contributed by atoms with Crippen molar-refractivity contribution in [1.29, 1.82) is 0 Å². The first-order valence-corrected chi connectivity index (χ1v) is 8.93. The number of benzene rings is 2. The molecule has 0 aliphatic rings. The fourth-order valence-corrected chi connectivity index (χ4v) is 2.22. The molecule has 122 valence electrons. The quantitative estimate of drug-likeness (QED) is 0.355. The van der Waals surface area contributed by atoms with Crippen molar-refractivity contribution >= 4 is 21.7 Å². The Balaban J connectivity index is 1.99. The second-order valence-corrected chi connectivity index (χ2v) is 5.91. The average molecular weight is 377 g/mol. The molecule has 0 aliphatic heterocycles. The van der Waals surface area contributed by atoms with E-state index in [0.29, 0.717) is 24.3 Å². The molecule has 3 nitrogen and oxygen atoms in total. The van der Waals surface area contributed by atoms with Gasteiger partial charge in [-0.15, -0.1) is 0 Å². The molecule has 0 radical (unpaired) electrons. The number of carbonyl (C=O) groups excluding carboxylic acids is 1. The van der Waals surface area contributed by atoms with Crippen molar-refractivity contribution in [3.8, 4) is 11.5 Å². The highest BCUT2D eigenvalue weighted by Crippen LogP contribution is 2.18. The van der Waals surface area contributed by atoms with E-state index in [0.717, 1.165) is 29.7 Å². The molecular formula is C19H21BrO3. The molecule has 0 atom stereocenters. The molecule has 0 bridgehead atoms. The zero-order valence-electron chi connectivity index (χ0n) is 13.3. The standard InChI is InChI=1S/C19H21BrO3/c1-2-3-13-22-17-8-4-15(5-9-17)19(21)16-6-10-18(11-7-16)23-14-12-20/h4-11H,2-3,12-14H2,1H3. The van der Waals surface area contributed by atoms with Crippen LogP contribution in [0.25, 0.3) is 0 Å². The Labute approximate surface area is 145 Å². The highest BCUT2D eigenvalue weighted by atomic mass is 79.9. The normalized spacial score (nSPS) is 10.3. The van der Waals surface area contributed by atoms with Gasteiger partial charge in [0.1, 0.15) is 11.5 Å². The first-order chi connectivity index (χ1) is 11.2. The second kappa shape index (κ2) is 9.36. The van der Waals surface area contributed by atoms with Gasteiger partial charge in [0, 0.05) is 16.5 Å². The lowest BCUT2D eigenvalue weighted by atomic mass is 10.0. The van der Waals surface area contributed by atoms with E-state index in [-0.39, 0.29) is 5.78 Å². The lowest BCUT2D eigenvalue weighted by molar-refractivity contribution is 0.103. The number of ether oxygens (including phenoxy) is 2. The zero-order valence-corrected chi connectivity index (χ0v) is 14.8. The number of ketones is 1. The van der Waals surface area contributed by atoms with E-state index >= 15 is 0 Å². The van der Waals surface area contributed by atoms with Gasteiger partial charge in [-0.2, -0.15) is 0 Å². The minimum Gasteiger partial charge on any atom is -0.494 e. The predicted molar refractivity (Wildman–Crippen MR) is 96.0 cm³/mol. The van der Waals surface area contributed by atoms with Crippen LogP contribution in [0.4, 0.5) is 0 Å². The number of alkyl halides is 1. The van der Waals surface area contributed by atoms with Crippen molar-refractivity contribution in [3.05, 3.63) is 59.7 Å². The van der Waals surface area contributed by atoms with E-state index in [4.69, 9.17) is 9.47 Å². The predicted octanol–water partition coefficient (Wildman–Crippen LogP) is 4.87. The van der Waals surface area contributed by atoms with Crippen molar-refractivity contribution in [2.24, 2.45) is 0 Å². The highest BCUT2D eigenvalue weighted by molar-refractivity contribution is 9.09. The van der Waals surface area contributed by atoms with Gasteiger partial charge in [-0.05, 0) is 55.0 Å².